The van der Waals surface area contributed by atoms with E-state index in [1.807, 2.05) is 6.07 Å². The Labute approximate surface area is 108 Å². The van der Waals surface area contributed by atoms with Gasteiger partial charge in [0.05, 0.1) is 0 Å². The Bertz CT molecular complexity index is 497. The first kappa shape index (κ1) is 13.5. The lowest BCUT2D eigenvalue weighted by Crippen LogP contribution is -2.15. The molecule has 0 aliphatic carbocycles. The van der Waals surface area contributed by atoms with Crippen molar-refractivity contribution in [2.24, 2.45) is 0 Å². The molecule has 0 radical (unpaired) electrons. The molecule has 0 spiro atoms. The molecule has 2 N–H and O–H groups in total. The molecule has 90 valence electrons. The standard InChI is InChI=1S/C11H9Cl2NO3/c1-6-4-2-3-5-7(6)14-10(15)8(12)9(13)11(16)17/h2-5H,1H3,(H,14,15)(H,16,17)/b9-8+. The Hall–Kier alpha value is -1.52. The van der Waals surface area contributed by atoms with E-state index in [1.54, 1.807) is 25.1 Å². The highest BCUT2D eigenvalue weighted by Crippen LogP contribution is 2.19. The minimum absolute atomic E-state index is 0.547. The molecular weight excluding hydrogens is 265 g/mol. The normalized spacial score (nSPS) is 11.7. The number of carbonyl (C=O) groups is 2. The second-order valence-corrected chi connectivity index (χ2v) is 3.96. The van der Waals surface area contributed by atoms with Crippen LogP contribution in [-0.4, -0.2) is 17.0 Å². The summed E-state index contributed by atoms with van der Waals surface area (Å²) in [7, 11) is 0. The molecule has 0 bridgehead atoms. The number of para-hydroxylation sites is 1. The number of hydrogen-bond donors (Lipinski definition) is 2. The molecule has 4 nitrogen and oxygen atoms in total. The van der Waals surface area contributed by atoms with Gasteiger partial charge in [-0.2, -0.15) is 0 Å². The summed E-state index contributed by atoms with van der Waals surface area (Å²) in [5, 5.41) is 9.77. The number of halogens is 2. The second kappa shape index (κ2) is 5.70. The van der Waals surface area contributed by atoms with Gasteiger partial charge in [-0.3, -0.25) is 4.79 Å². The van der Waals surface area contributed by atoms with Crippen molar-refractivity contribution in [1.29, 1.82) is 0 Å². The number of aliphatic carboxylic acids is 1. The first-order valence-electron chi connectivity index (χ1n) is 4.59. The van der Waals surface area contributed by atoms with Crippen molar-refractivity contribution in [1.82, 2.24) is 0 Å². The third-order valence-corrected chi connectivity index (χ3v) is 2.78. The molecule has 0 heterocycles. The number of carboxylic acid groups (broad SMARTS) is 1. The molecule has 1 aromatic rings. The van der Waals surface area contributed by atoms with Crippen molar-refractivity contribution in [2.45, 2.75) is 6.92 Å². The Morgan fingerprint density at radius 1 is 1.18 bits per heavy atom. The maximum absolute atomic E-state index is 11.6. The van der Waals surface area contributed by atoms with Crippen molar-refractivity contribution in [3.63, 3.8) is 0 Å². The average molecular weight is 274 g/mol. The van der Waals surface area contributed by atoms with Crippen LogP contribution in [0.1, 0.15) is 5.56 Å². The Morgan fingerprint density at radius 3 is 2.29 bits per heavy atom. The zero-order chi connectivity index (χ0) is 13.0. The largest absolute Gasteiger partial charge is 0.477 e. The first-order chi connectivity index (χ1) is 7.93. The summed E-state index contributed by atoms with van der Waals surface area (Å²) in [6.07, 6.45) is 0. The van der Waals surface area contributed by atoms with Crippen LogP contribution >= 0.6 is 23.2 Å². The molecule has 0 saturated carbocycles. The van der Waals surface area contributed by atoms with E-state index >= 15 is 0 Å². The molecule has 0 saturated heterocycles. The first-order valence-corrected chi connectivity index (χ1v) is 5.34. The number of benzene rings is 1. The number of amides is 1. The van der Waals surface area contributed by atoms with Gasteiger partial charge >= 0.3 is 5.97 Å². The van der Waals surface area contributed by atoms with E-state index in [0.717, 1.165) is 5.56 Å². The van der Waals surface area contributed by atoms with E-state index < -0.39 is 21.9 Å². The number of anilines is 1. The predicted octanol–water partition coefficient (Wildman–Crippen LogP) is 2.71. The third kappa shape index (κ3) is 3.47. The molecule has 0 unspecified atom stereocenters. The van der Waals surface area contributed by atoms with E-state index in [0.29, 0.717) is 5.69 Å². The number of carboxylic acids is 1. The molecule has 0 atom stereocenters. The monoisotopic (exact) mass is 273 g/mol. The summed E-state index contributed by atoms with van der Waals surface area (Å²) in [5.74, 6) is -2.20. The highest BCUT2D eigenvalue weighted by Gasteiger charge is 2.17. The van der Waals surface area contributed by atoms with E-state index in [2.05, 4.69) is 5.32 Å². The van der Waals surface area contributed by atoms with Crippen LogP contribution in [0.3, 0.4) is 0 Å². The molecule has 0 aliphatic rings. The van der Waals surface area contributed by atoms with E-state index in [1.165, 1.54) is 0 Å². The summed E-state index contributed by atoms with van der Waals surface area (Å²) in [6.45, 7) is 1.80. The third-order valence-electron chi connectivity index (χ3n) is 1.97. The Balaban J connectivity index is 2.91. The second-order valence-electron chi connectivity index (χ2n) is 3.20. The smallest absolute Gasteiger partial charge is 0.349 e. The summed E-state index contributed by atoms with van der Waals surface area (Å²) in [6, 6.07) is 7.02. The van der Waals surface area contributed by atoms with Gasteiger partial charge in [-0.1, -0.05) is 41.4 Å². The lowest BCUT2D eigenvalue weighted by atomic mass is 10.2. The van der Waals surface area contributed by atoms with Gasteiger partial charge in [-0.05, 0) is 18.6 Å². The summed E-state index contributed by atoms with van der Waals surface area (Å²) >= 11 is 10.9. The fourth-order valence-electron chi connectivity index (χ4n) is 1.08. The lowest BCUT2D eigenvalue weighted by molar-refractivity contribution is -0.132. The van der Waals surface area contributed by atoms with Gasteiger partial charge in [0, 0.05) is 5.69 Å². The van der Waals surface area contributed by atoms with Crippen LogP contribution < -0.4 is 5.32 Å². The number of rotatable bonds is 3. The minimum atomic E-state index is -1.45. The number of aryl methyl sites for hydroxylation is 1. The number of carbonyl (C=O) groups excluding carboxylic acids is 1. The van der Waals surface area contributed by atoms with E-state index in [-0.39, 0.29) is 0 Å². The van der Waals surface area contributed by atoms with Gasteiger partial charge in [0.15, 0.2) is 0 Å². The van der Waals surface area contributed by atoms with Crippen molar-refractivity contribution in [2.75, 3.05) is 5.32 Å². The van der Waals surface area contributed by atoms with Crippen LogP contribution in [0.4, 0.5) is 5.69 Å². The molecular formula is C11H9Cl2NO3. The van der Waals surface area contributed by atoms with E-state index in [4.69, 9.17) is 28.3 Å². The SMILES string of the molecule is Cc1ccccc1NC(=O)/C(Cl)=C(\Cl)C(=O)O. The molecule has 1 rings (SSSR count). The molecule has 1 aromatic carbocycles. The zero-order valence-electron chi connectivity index (χ0n) is 8.83. The predicted molar refractivity (Wildman–Crippen MR) is 66.2 cm³/mol. The number of hydrogen-bond acceptors (Lipinski definition) is 2. The summed E-state index contributed by atoms with van der Waals surface area (Å²) < 4.78 is 0. The van der Waals surface area contributed by atoms with Gasteiger partial charge < -0.3 is 10.4 Å². The summed E-state index contributed by atoms with van der Waals surface area (Å²) in [4.78, 5) is 22.1. The van der Waals surface area contributed by atoms with Gasteiger partial charge in [-0.25, -0.2) is 4.79 Å². The molecule has 0 fully saturated rings. The number of nitrogens with one attached hydrogen (secondary N) is 1. The quantitative estimate of drug-likeness (QED) is 0.833. The van der Waals surface area contributed by atoms with Gasteiger partial charge in [0.2, 0.25) is 0 Å². The van der Waals surface area contributed by atoms with Gasteiger partial charge in [0.25, 0.3) is 5.91 Å². The molecule has 6 heteroatoms. The van der Waals surface area contributed by atoms with Crippen molar-refractivity contribution < 1.29 is 14.7 Å². The highest BCUT2D eigenvalue weighted by molar-refractivity contribution is 6.54. The van der Waals surface area contributed by atoms with Crippen LogP contribution in [0, 0.1) is 6.92 Å². The van der Waals surface area contributed by atoms with Crippen LogP contribution in [0.15, 0.2) is 34.3 Å². The molecule has 1 amide bonds. The highest BCUT2D eigenvalue weighted by atomic mass is 35.5. The van der Waals surface area contributed by atoms with Crippen LogP contribution in [0.2, 0.25) is 0 Å². The molecule has 0 aromatic heterocycles. The lowest BCUT2D eigenvalue weighted by Gasteiger charge is -2.07. The van der Waals surface area contributed by atoms with Crippen LogP contribution in [0.5, 0.6) is 0 Å². The molecule has 17 heavy (non-hydrogen) atoms. The van der Waals surface area contributed by atoms with Crippen molar-refractivity contribution in [3.8, 4) is 0 Å². The maximum Gasteiger partial charge on any atom is 0.349 e. The van der Waals surface area contributed by atoms with Gasteiger partial charge in [-0.15, -0.1) is 0 Å². The Morgan fingerprint density at radius 2 is 1.76 bits per heavy atom. The van der Waals surface area contributed by atoms with Crippen LogP contribution in [-0.2, 0) is 9.59 Å². The molecule has 0 aliphatic heterocycles. The van der Waals surface area contributed by atoms with Crippen LogP contribution in [0.25, 0.3) is 0 Å². The zero-order valence-corrected chi connectivity index (χ0v) is 10.3. The Kier molecular flexibility index (Phi) is 4.54. The topological polar surface area (TPSA) is 66.4 Å². The van der Waals surface area contributed by atoms with Crippen molar-refractivity contribution >= 4 is 40.8 Å². The van der Waals surface area contributed by atoms with E-state index in [9.17, 15) is 9.59 Å². The summed E-state index contributed by atoms with van der Waals surface area (Å²) in [5.41, 5.74) is 1.38. The fraction of sp³-hybridized carbons (Fsp3) is 0.0909. The van der Waals surface area contributed by atoms with Crippen molar-refractivity contribution in [3.05, 3.63) is 39.9 Å². The maximum atomic E-state index is 11.6. The minimum Gasteiger partial charge on any atom is -0.477 e. The average Bonchev–Trinajstić information content (AvgIpc) is 2.30. The fourth-order valence-corrected chi connectivity index (χ4v) is 1.30. The van der Waals surface area contributed by atoms with Gasteiger partial charge in [0.1, 0.15) is 10.1 Å².